The molecule has 1 aromatic rings. The monoisotopic (exact) mass is 227 g/mol. The summed E-state index contributed by atoms with van der Waals surface area (Å²) in [6, 6.07) is 4.75. The second kappa shape index (κ2) is 6.45. The van der Waals surface area contributed by atoms with Gasteiger partial charge in [0.1, 0.15) is 11.6 Å². The number of nitrogens with one attached hydrogen (secondary N) is 1. The molecule has 0 spiro atoms. The van der Waals surface area contributed by atoms with Gasteiger partial charge in [0.05, 0.1) is 7.11 Å². The molecule has 0 aromatic heterocycles. The van der Waals surface area contributed by atoms with Crippen LogP contribution in [0.5, 0.6) is 5.75 Å². The first kappa shape index (κ1) is 12.9. The minimum Gasteiger partial charge on any atom is -0.497 e. The number of ether oxygens (including phenoxy) is 1. The second-order valence-corrected chi connectivity index (χ2v) is 3.64. The molecule has 16 heavy (non-hydrogen) atoms. The molecule has 1 rings (SSSR count). The summed E-state index contributed by atoms with van der Waals surface area (Å²) in [5.41, 5.74) is 0.610. The van der Waals surface area contributed by atoms with E-state index in [1.807, 2.05) is 6.92 Å². The molecule has 90 valence electrons. The van der Waals surface area contributed by atoms with Crippen molar-refractivity contribution >= 4 is 0 Å². The van der Waals surface area contributed by atoms with Gasteiger partial charge in [-0.25, -0.2) is 4.39 Å². The third-order valence-electron chi connectivity index (χ3n) is 2.46. The topological polar surface area (TPSA) is 41.5 Å². The lowest BCUT2D eigenvalue weighted by Gasteiger charge is -2.15. The molecule has 0 saturated carbocycles. The van der Waals surface area contributed by atoms with Gasteiger partial charge in [0.2, 0.25) is 0 Å². The van der Waals surface area contributed by atoms with E-state index in [9.17, 15) is 4.39 Å². The smallest absolute Gasteiger partial charge is 0.131 e. The molecule has 1 unspecified atom stereocenters. The van der Waals surface area contributed by atoms with Crippen molar-refractivity contribution in [2.75, 3.05) is 20.3 Å². The summed E-state index contributed by atoms with van der Waals surface area (Å²) < 4.78 is 18.6. The van der Waals surface area contributed by atoms with Gasteiger partial charge in [0.15, 0.2) is 0 Å². The standard InChI is InChI=1S/C12H18FNO2/c1-9(14-6-3-7-15)11-5-4-10(16-2)8-12(11)13/h4-5,8-9,14-15H,3,6-7H2,1-2H3. The lowest BCUT2D eigenvalue weighted by molar-refractivity contribution is 0.283. The Hall–Kier alpha value is -1.13. The first-order valence-corrected chi connectivity index (χ1v) is 5.36. The van der Waals surface area contributed by atoms with Crippen LogP contribution in [0.15, 0.2) is 18.2 Å². The van der Waals surface area contributed by atoms with Crippen molar-refractivity contribution in [2.45, 2.75) is 19.4 Å². The predicted octanol–water partition coefficient (Wildman–Crippen LogP) is 1.87. The van der Waals surface area contributed by atoms with E-state index in [-0.39, 0.29) is 18.5 Å². The molecule has 4 heteroatoms. The Balaban J connectivity index is 2.64. The highest BCUT2D eigenvalue weighted by molar-refractivity contribution is 5.30. The molecule has 1 aromatic carbocycles. The highest BCUT2D eigenvalue weighted by atomic mass is 19.1. The van der Waals surface area contributed by atoms with Crippen LogP contribution in [0.3, 0.4) is 0 Å². The maximum Gasteiger partial charge on any atom is 0.131 e. The molecule has 0 aliphatic carbocycles. The Labute approximate surface area is 95.2 Å². The van der Waals surface area contributed by atoms with Crippen LogP contribution in [0.1, 0.15) is 24.9 Å². The van der Waals surface area contributed by atoms with Gasteiger partial charge in [0, 0.05) is 24.3 Å². The molecule has 0 amide bonds. The highest BCUT2D eigenvalue weighted by Gasteiger charge is 2.10. The minimum atomic E-state index is -0.275. The van der Waals surface area contributed by atoms with Crippen molar-refractivity contribution in [3.63, 3.8) is 0 Å². The number of hydrogen-bond donors (Lipinski definition) is 2. The zero-order chi connectivity index (χ0) is 12.0. The molecule has 3 nitrogen and oxygen atoms in total. The zero-order valence-electron chi connectivity index (χ0n) is 9.66. The fraction of sp³-hybridized carbons (Fsp3) is 0.500. The molecular weight excluding hydrogens is 209 g/mol. The Morgan fingerprint density at radius 3 is 2.81 bits per heavy atom. The average molecular weight is 227 g/mol. The number of aliphatic hydroxyl groups is 1. The maximum absolute atomic E-state index is 13.6. The quantitative estimate of drug-likeness (QED) is 0.729. The summed E-state index contributed by atoms with van der Waals surface area (Å²) in [5, 5.41) is 11.8. The van der Waals surface area contributed by atoms with Gasteiger partial charge in [-0.3, -0.25) is 0 Å². The van der Waals surface area contributed by atoms with Crippen LogP contribution in [0.25, 0.3) is 0 Å². The molecule has 2 N–H and O–H groups in total. The van der Waals surface area contributed by atoms with E-state index in [0.717, 1.165) is 0 Å². The zero-order valence-corrected chi connectivity index (χ0v) is 9.66. The molecule has 0 heterocycles. The number of aliphatic hydroxyl groups excluding tert-OH is 1. The molecule has 1 atom stereocenters. The number of hydrogen-bond acceptors (Lipinski definition) is 3. The Bertz CT molecular complexity index is 331. The van der Waals surface area contributed by atoms with Crippen molar-refractivity contribution in [1.82, 2.24) is 5.32 Å². The van der Waals surface area contributed by atoms with Crippen LogP contribution < -0.4 is 10.1 Å². The fourth-order valence-corrected chi connectivity index (χ4v) is 1.49. The summed E-state index contributed by atoms with van der Waals surface area (Å²) in [6.07, 6.45) is 0.669. The third kappa shape index (κ3) is 3.47. The summed E-state index contributed by atoms with van der Waals surface area (Å²) >= 11 is 0. The summed E-state index contributed by atoms with van der Waals surface area (Å²) in [7, 11) is 1.51. The van der Waals surface area contributed by atoms with Crippen LogP contribution in [-0.4, -0.2) is 25.4 Å². The first-order valence-electron chi connectivity index (χ1n) is 5.36. The Kier molecular flexibility index (Phi) is 5.22. The Morgan fingerprint density at radius 1 is 1.50 bits per heavy atom. The van der Waals surface area contributed by atoms with E-state index in [2.05, 4.69) is 5.32 Å². The van der Waals surface area contributed by atoms with Gasteiger partial charge in [0.25, 0.3) is 0 Å². The van der Waals surface area contributed by atoms with E-state index in [1.54, 1.807) is 12.1 Å². The summed E-state index contributed by atoms with van der Waals surface area (Å²) in [6.45, 7) is 2.70. The van der Waals surface area contributed by atoms with Crippen molar-refractivity contribution < 1.29 is 14.2 Å². The largest absolute Gasteiger partial charge is 0.497 e. The minimum absolute atomic E-state index is 0.0718. The molecule has 0 aliphatic rings. The average Bonchev–Trinajstić information content (AvgIpc) is 2.29. The van der Waals surface area contributed by atoms with E-state index >= 15 is 0 Å². The fourth-order valence-electron chi connectivity index (χ4n) is 1.49. The summed E-state index contributed by atoms with van der Waals surface area (Å²) in [5.74, 6) is 0.243. The third-order valence-corrected chi connectivity index (χ3v) is 2.46. The lowest BCUT2D eigenvalue weighted by Crippen LogP contribution is -2.21. The van der Waals surface area contributed by atoms with E-state index in [4.69, 9.17) is 9.84 Å². The van der Waals surface area contributed by atoms with Gasteiger partial charge in [-0.05, 0) is 26.0 Å². The lowest BCUT2D eigenvalue weighted by atomic mass is 10.1. The van der Waals surface area contributed by atoms with Crippen molar-refractivity contribution in [1.29, 1.82) is 0 Å². The molecule has 0 saturated heterocycles. The van der Waals surface area contributed by atoms with Crippen molar-refractivity contribution in [2.24, 2.45) is 0 Å². The number of halogens is 1. The van der Waals surface area contributed by atoms with Crippen LogP contribution in [0.2, 0.25) is 0 Å². The number of benzene rings is 1. The van der Waals surface area contributed by atoms with Crippen LogP contribution >= 0.6 is 0 Å². The second-order valence-electron chi connectivity index (χ2n) is 3.64. The molecule has 0 bridgehead atoms. The summed E-state index contributed by atoms with van der Waals surface area (Å²) in [4.78, 5) is 0. The molecule has 0 radical (unpaired) electrons. The van der Waals surface area contributed by atoms with Gasteiger partial charge < -0.3 is 15.2 Å². The molecular formula is C12H18FNO2. The van der Waals surface area contributed by atoms with Gasteiger partial charge in [-0.2, -0.15) is 0 Å². The maximum atomic E-state index is 13.6. The Morgan fingerprint density at radius 2 is 2.25 bits per heavy atom. The van der Waals surface area contributed by atoms with Crippen LogP contribution in [-0.2, 0) is 0 Å². The van der Waals surface area contributed by atoms with Crippen molar-refractivity contribution in [3.05, 3.63) is 29.6 Å². The normalized spacial score (nSPS) is 12.5. The van der Waals surface area contributed by atoms with Gasteiger partial charge in [-0.15, -0.1) is 0 Å². The van der Waals surface area contributed by atoms with E-state index < -0.39 is 0 Å². The van der Waals surface area contributed by atoms with E-state index in [1.165, 1.54) is 13.2 Å². The van der Waals surface area contributed by atoms with Crippen molar-refractivity contribution in [3.8, 4) is 5.75 Å². The van der Waals surface area contributed by atoms with Crippen LogP contribution in [0.4, 0.5) is 4.39 Å². The molecule has 0 fully saturated rings. The van der Waals surface area contributed by atoms with Gasteiger partial charge in [-0.1, -0.05) is 6.07 Å². The van der Waals surface area contributed by atoms with E-state index in [0.29, 0.717) is 24.3 Å². The van der Waals surface area contributed by atoms with Crippen LogP contribution in [0, 0.1) is 5.82 Å². The first-order chi connectivity index (χ1) is 7.69. The number of methoxy groups -OCH3 is 1. The molecule has 0 aliphatic heterocycles. The van der Waals surface area contributed by atoms with Gasteiger partial charge >= 0.3 is 0 Å². The number of rotatable bonds is 6. The highest BCUT2D eigenvalue weighted by Crippen LogP contribution is 2.21. The SMILES string of the molecule is COc1ccc(C(C)NCCCO)c(F)c1. The predicted molar refractivity (Wildman–Crippen MR) is 61.1 cm³/mol.